The third kappa shape index (κ3) is 4.15. The molecule has 0 bridgehead atoms. The maximum atomic E-state index is 12.4. The fourth-order valence-corrected chi connectivity index (χ4v) is 2.05. The number of rotatable bonds is 12. The highest BCUT2D eigenvalue weighted by atomic mass is 16.6. The van der Waals surface area contributed by atoms with E-state index in [1.54, 1.807) is 0 Å². The number of unbranched alkanes of at least 4 members (excludes halogenated alkanes) is 1. The largest absolute Gasteiger partial charge is 0.475 e. The summed E-state index contributed by atoms with van der Waals surface area (Å²) in [6.45, 7) is -0.216. The molecule has 0 spiro atoms. The van der Waals surface area contributed by atoms with Crippen LogP contribution in [0.1, 0.15) is 12.8 Å². The number of esters is 1. The Morgan fingerprint density at radius 3 is 2.25 bits per heavy atom. The van der Waals surface area contributed by atoms with Crippen molar-refractivity contribution >= 4 is 23.5 Å². The summed E-state index contributed by atoms with van der Waals surface area (Å²) < 4.78 is 19.8. The number of aliphatic carboxylic acids is 1. The van der Waals surface area contributed by atoms with Gasteiger partial charge in [-0.2, -0.15) is 0 Å². The van der Waals surface area contributed by atoms with Crippen LogP contribution in [-0.2, 0) is 38.1 Å². The quantitative estimate of drug-likeness (QED) is 0.134. The average Bonchev–Trinajstić information content (AvgIpc) is 3.44. The lowest BCUT2D eigenvalue weighted by atomic mass is 9.88. The highest BCUT2D eigenvalue weighted by Crippen LogP contribution is 2.32. The molecule has 0 amide bonds. The van der Waals surface area contributed by atoms with Crippen LogP contribution in [0.5, 0.6) is 0 Å². The van der Waals surface area contributed by atoms with Crippen LogP contribution in [0.3, 0.4) is 0 Å². The summed E-state index contributed by atoms with van der Waals surface area (Å²) >= 11 is 0. The maximum Gasteiger partial charge on any atom is 0.378 e. The second-order valence-corrected chi connectivity index (χ2v) is 5.35. The fraction of sp³-hybridized carbons (Fsp3) is 0.714. The Morgan fingerprint density at radius 2 is 1.75 bits per heavy atom. The van der Waals surface area contributed by atoms with E-state index in [9.17, 15) is 19.2 Å². The molecule has 0 aromatic carbocycles. The number of carboxylic acids is 1. The van der Waals surface area contributed by atoms with Crippen molar-refractivity contribution in [3.63, 3.8) is 0 Å². The molecule has 3 unspecified atom stereocenters. The van der Waals surface area contributed by atoms with Crippen molar-refractivity contribution in [3.05, 3.63) is 0 Å². The van der Waals surface area contributed by atoms with Crippen LogP contribution in [0.4, 0.5) is 0 Å². The van der Waals surface area contributed by atoms with Crippen LogP contribution >= 0.6 is 0 Å². The molecular formula is C14H18O10. The zero-order valence-electron chi connectivity index (χ0n) is 12.8. The van der Waals surface area contributed by atoms with Crippen LogP contribution in [0.15, 0.2) is 0 Å². The van der Waals surface area contributed by atoms with E-state index in [4.69, 9.17) is 29.2 Å². The molecule has 2 rings (SSSR count). The normalized spacial score (nSPS) is 23.9. The van der Waals surface area contributed by atoms with Gasteiger partial charge in [0.05, 0.1) is 26.4 Å². The molecule has 10 heteroatoms. The van der Waals surface area contributed by atoms with Crippen molar-refractivity contribution in [2.45, 2.75) is 30.7 Å². The van der Waals surface area contributed by atoms with Gasteiger partial charge < -0.3 is 29.2 Å². The molecule has 2 heterocycles. The molecule has 0 aliphatic carbocycles. The first-order valence-corrected chi connectivity index (χ1v) is 7.40. The number of ether oxygens (including phenoxy) is 4. The number of Topliss-reactive ketones (excluding diaryl/α,β-unsaturated/α-hetero) is 2. The molecule has 2 N–H and O–H groups in total. The summed E-state index contributed by atoms with van der Waals surface area (Å²) in [6.07, 6.45) is -0.843. The van der Waals surface area contributed by atoms with Gasteiger partial charge in [0.25, 0.3) is 11.6 Å². The Hall–Kier alpha value is -1.88. The molecule has 2 aliphatic heterocycles. The topological polar surface area (TPSA) is 152 Å². The van der Waals surface area contributed by atoms with Gasteiger partial charge >= 0.3 is 11.9 Å². The predicted molar refractivity (Wildman–Crippen MR) is 73.1 cm³/mol. The number of carbonyl (C=O) groups excluding carboxylic acids is 3. The zero-order chi connectivity index (χ0) is 17.7. The van der Waals surface area contributed by atoms with Gasteiger partial charge in [0, 0.05) is 6.61 Å². The van der Waals surface area contributed by atoms with E-state index >= 15 is 0 Å². The maximum absolute atomic E-state index is 12.4. The lowest BCUT2D eigenvalue weighted by molar-refractivity contribution is -0.178. The first-order chi connectivity index (χ1) is 11.4. The third-order valence-electron chi connectivity index (χ3n) is 3.53. The molecule has 24 heavy (non-hydrogen) atoms. The molecule has 0 aromatic rings. The number of hydrogen-bond acceptors (Lipinski definition) is 9. The van der Waals surface area contributed by atoms with Gasteiger partial charge in [-0.1, -0.05) is 0 Å². The molecule has 10 nitrogen and oxygen atoms in total. The summed E-state index contributed by atoms with van der Waals surface area (Å²) in [5.41, 5.74) is -2.56. The van der Waals surface area contributed by atoms with E-state index in [1.165, 1.54) is 0 Å². The lowest BCUT2D eigenvalue weighted by Crippen LogP contribution is -2.59. The second-order valence-electron chi connectivity index (χ2n) is 5.35. The highest BCUT2D eigenvalue weighted by molar-refractivity contribution is 6.51. The van der Waals surface area contributed by atoms with Gasteiger partial charge in [-0.25, -0.2) is 9.59 Å². The molecule has 0 aromatic heterocycles. The Labute approximate surface area is 136 Å². The minimum atomic E-state index is -2.56. The number of epoxide rings is 2. The van der Waals surface area contributed by atoms with Gasteiger partial charge in [0.2, 0.25) is 5.60 Å². The third-order valence-corrected chi connectivity index (χ3v) is 3.53. The fourth-order valence-electron chi connectivity index (χ4n) is 2.05. The van der Waals surface area contributed by atoms with Crippen LogP contribution in [0.2, 0.25) is 0 Å². The number of carboxylic acid groups (broad SMARTS) is 1. The lowest BCUT2D eigenvalue weighted by Gasteiger charge is -2.26. The number of aliphatic hydroxyl groups excluding tert-OH is 1. The van der Waals surface area contributed by atoms with Crippen molar-refractivity contribution in [3.8, 4) is 0 Å². The van der Waals surface area contributed by atoms with Crippen molar-refractivity contribution < 1.29 is 48.3 Å². The molecule has 0 radical (unpaired) electrons. The van der Waals surface area contributed by atoms with Crippen molar-refractivity contribution in [1.82, 2.24) is 0 Å². The minimum Gasteiger partial charge on any atom is -0.475 e. The van der Waals surface area contributed by atoms with Crippen molar-refractivity contribution in [1.29, 1.82) is 0 Å². The minimum absolute atomic E-state index is 0.0892. The standard InChI is InChI=1S/C14H18O10/c15-3-1-2-4-21-13(20)11(17)14(9-7-23-9,10(16)12(18)19)24-6-8-5-22-8/h8-9,15H,1-7H2,(H,18,19). The van der Waals surface area contributed by atoms with Gasteiger partial charge in [0.1, 0.15) is 12.2 Å². The Kier molecular flexibility index (Phi) is 5.99. The van der Waals surface area contributed by atoms with E-state index in [0.717, 1.165) is 0 Å². The SMILES string of the molecule is O=C(O)C(=O)C(OCC1CO1)(C(=O)C(=O)OCCCCO)C1CO1. The smallest absolute Gasteiger partial charge is 0.378 e. The highest BCUT2D eigenvalue weighted by Gasteiger charge is 2.64. The van der Waals surface area contributed by atoms with Gasteiger partial charge in [-0.3, -0.25) is 9.59 Å². The summed E-state index contributed by atoms with van der Waals surface area (Å²) in [4.78, 5) is 47.6. The summed E-state index contributed by atoms with van der Waals surface area (Å²) in [6, 6.07) is 0. The number of ketones is 2. The molecule has 2 fully saturated rings. The van der Waals surface area contributed by atoms with E-state index < -0.39 is 35.2 Å². The van der Waals surface area contributed by atoms with E-state index in [2.05, 4.69) is 0 Å². The van der Waals surface area contributed by atoms with E-state index in [-0.39, 0.29) is 32.5 Å². The number of aliphatic hydroxyl groups is 1. The molecule has 3 atom stereocenters. The Bertz CT molecular complexity index is 522. The molecule has 2 saturated heterocycles. The van der Waals surface area contributed by atoms with Crippen molar-refractivity contribution in [2.75, 3.05) is 33.0 Å². The average molecular weight is 346 g/mol. The first kappa shape index (κ1) is 18.5. The van der Waals surface area contributed by atoms with Gasteiger partial charge in [-0.05, 0) is 12.8 Å². The molecule has 134 valence electrons. The van der Waals surface area contributed by atoms with Gasteiger partial charge in [0.15, 0.2) is 0 Å². The van der Waals surface area contributed by atoms with E-state index in [0.29, 0.717) is 19.4 Å². The summed E-state index contributed by atoms with van der Waals surface area (Å²) in [5, 5.41) is 17.7. The Morgan fingerprint density at radius 1 is 1.08 bits per heavy atom. The second kappa shape index (κ2) is 7.79. The number of carbonyl (C=O) groups is 4. The van der Waals surface area contributed by atoms with E-state index in [1.807, 2.05) is 0 Å². The summed E-state index contributed by atoms with van der Waals surface area (Å²) in [7, 11) is 0. The summed E-state index contributed by atoms with van der Waals surface area (Å²) in [5.74, 6) is -6.29. The van der Waals surface area contributed by atoms with Crippen LogP contribution in [-0.4, -0.2) is 84.6 Å². The van der Waals surface area contributed by atoms with Crippen LogP contribution in [0, 0.1) is 0 Å². The zero-order valence-corrected chi connectivity index (χ0v) is 12.8. The van der Waals surface area contributed by atoms with Gasteiger partial charge in [-0.15, -0.1) is 0 Å². The molecule has 2 aliphatic rings. The van der Waals surface area contributed by atoms with Crippen LogP contribution < -0.4 is 0 Å². The molecular weight excluding hydrogens is 328 g/mol. The predicted octanol–water partition coefficient (Wildman–Crippen LogP) is -1.92. The molecule has 0 saturated carbocycles. The Balaban J connectivity index is 2.12. The number of hydrogen-bond donors (Lipinski definition) is 2. The van der Waals surface area contributed by atoms with Crippen molar-refractivity contribution in [2.24, 2.45) is 0 Å². The van der Waals surface area contributed by atoms with Crippen LogP contribution in [0.25, 0.3) is 0 Å². The first-order valence-electron chi connectivity index (χ1n) is 7.40. The monoisotopic (exact) mass is 346 g/mol.